The molecule has 4 fully saturated rings. The number of rotatable bonds is 5. The molecule has 0 radical (unpaired) electrons. The average Bonchev–Trinajstić information content (AvgIpc) is 3.02. The van der Waals surface area contributed by atoms with Crippen molar-refractivity contribution < 1.29 is 40.2 Å². The van der Waals surface area contributed by atoms with Gasteiger partial charge < -0.3 is 35.4 Å². The second kappa shape index (κ2) is 9.16. The molecule has 6 N–H and O–H groups in total. The number of hydrogen-bond donors (Lipinski definition) is 6. The minimum Gasteiger partial charge on any atom is -0.465 e. The number of fused-ring (bicyclic) bond motifs is 5. The lowest BCUT2D eigenvalue weighted by Gasteiger charge is -2.59. The van der Waals surface area contributed by atoms with E-state index in [0.717, 1.165) is 6.42 Å². The molecule has 0 aromatic heterocycles. The maximum absolute atomic E-state index is 13.0. The zero-order chi connectivity index (χ0) is 27.0. The van der Waals surface area contributed by atoms with Gasteiger partial charge >= 0.3 is 5.97 Å². The molecule has 1 saturated heterocycles. The Morgan fingerprint density at radius 2 is 1.64 bits per heavy atom. The van der Waals surface area contributed by atoms with Crippen LogP contribution >= 0.6 is 0 Å². The van der Waals surface area contributed by atoms with Gasteiger partial charge in [-0.2, -0.15) is 0 Å². The quantitative estimate of drug-likeness (QED) is 0.305. The SMILES string of the molecule is C[C@H]([C@@H](O)[C@H](O)[C@@H](C)C(C)(C)O)[C@H]1CC[C@@]2(O)[C@@H]3COC(=O)[C@H]4C[C@H](O)[C@H](O)C[C@]4(C)[C@H]3CC[C@]12C. The van der Waals surface area contributed by atoms with Crippen molar-refractivity contribution in [3.63, 3.8) is 0 Å². The fourth-order valence-electron chi connectivity index (χ4n) is 8.89. The van der Waals surface area contributed by atoms with Crippen LogP contribution in [0, 0.1) is 46.3 Å². The highest BCUT2D eigenvalue weighted by Crippen LogP contribution is 2.67. The van der Waals surface area contributed by atoms with Crippen LogP contribution < -0.4 is 0 Å². The summed E-state index contributed by atoms with van der Waals surface area (Å²) < 4.78 is 5.75. The third-order valence-corrected chi connectivity index (χ3v) is 11.8. The first kappa shape index (κ1) is 28.2. The Balaban J connectivity index is 1.63. The zero-order valence-electron chi connectivity index (χ0n) is 22.7. The van der Waals surface area contributed by atoms with E-state index in [2.05, 4.69) is 6.92 Å². The molecule has 8 nitrogen and oxygen atoms in total. The van der Waals surface area contributed by atoms with E-state index in [1.807, 2.05) is 13.8 Å². The predicted molar refractivity (Wildman–Crippen MR) is 132 cm³/mol. The Kier molecular flexibility index (Phi) is 7.19. The molecule has 0 unspecified atom stereocenters. The summed E-state index contributed by atoms with van der Waals surface area (Å²) >= 11 is 0. The van der Waals surface area contributed by atoms with Gasteiger partial charge in [-0.15, -0.1) is 0 Å². The van der Waals surface area contributed by atoms with Crippen LogP contribution in [0.4, 0.5) is 0 Å². The van der Waals surface area contributed by atoms with Gasteiger partial charge in [0.25, 0.3) is 0 Å². The van der Waals surface area contributed by atoms with Crippen molar-refractivity contribution in [1.82, 2.24) is 0 Å². The highest BCUT2D eigenvalue weighted by Gasteiger charge is 2.69. The maximum Gasteiger partial charge on any atom is 0.309 e. The van der Waals surface area contributed by atoms with E-state index in [4.69, 9.17) is 4.74 Å². The van der Waals surface area contributed by atoms with Crippen molar-refractivity contribution in [2.75, 3.05) is 6.61 Å². The summed E-state index contributed by atoms with van der Waals surface area (Å²) in [5, 5.41) is 65.7. The molecule has 13 atom stereocenters. The molecule has 8 heteroatoms. The van der Waals surface area contributed by atoms with E-state index < -0.39 is 58.3 Å². The number of aliphatic hydroxyl groups is 6. The number of esters is 1. The summed E-state index contributed by atoms with van der Waals surface area (Å²) in [6, 6.07) is 0. The largest absolute Gasteiger partial charge is 0.465 e. The third kappa shape index (κ3) is 4.06. The van der Waals surface area contributed by atoms with Crippen LogP contribution in [-0.2, 0) is 9.53 Å². The lowest BCUT2D eigenvalue weighted by molar-refractivity contribution is -0.202. The normalized spacial score (nSPS) is 48.5. The van der Waals surface area contributed by atoms with E-state index in [1.54, 1.807) is 20.8 Å². The molecule has 208 valence electrons. The molecule has 0 aromatic rings. The van der Waals surface area contributed by atoms with Gasteiger partial charge in [0.05, 0.1) is 48.1 Å². The minimum absolute atomic E-state index is 0.0473. The standard InChI is InChI=1S/C28H48O8/c1-14(22(31)23(32)15(2)25(3,4)34)16-8-10-28(35)19-13-36-24(33)18-11-20(29)21(30)12-26(18,5)17(19)7-9-27(16,28)6/h14-23,29-32,34-35H,7-13H2,1-6H3/t14-,15+,16+,17-,18+,19+,20-,21+,22+,23+,26+,27+,28+/m0/s1. The van der Waals surface area contributed by atoms with Gasteiger partial charge in [-0.25, -0.2) is 0 Å². The molecular formula is C28H48O8. The number of cyclic esters (lactones) is 1. The minimum atomic E-state index is -1.15. The summed E-state index contributed by atoms with van der Waals surface area (Å²) in [4.78, 5) is 13.0. The highest BCUT2D eigenvalue weighted by atomic mass is 16.5. The number of carbonyl (C=O) groups is 1. The predicted octanol–water partition coefficient (Wildman–Crippen LogP) is 1.62. The third-order valence-electron chi connectivity index (χ3n) is 11.8. The van der Waals surface area contributed by atoms with Crippen molar-refractivity contribution in [2.24, 2.45) is 46.3 Å². The van der Waals surface area contributed by atoms with Gasteiger partial charge in [-0.05, 0) is 81.0 Å². The van der Waals surface area contributed by atoms with Gasteiger partial charge in [0, 0.05) is 11.8 Å². The van der Waals surface area contributed by atoms with Gasteiger partial charge in [0.1, 0.15) is 0 Å². The van der Waals surface area contributed by atoms with E-state index >= 15 is 0 Å². The monoisotopic (exact) mass is 512 g/mol. The Morgan fingerprint density at radius 3 is 2.25 bits per heavy atom. The smallest absolute Gasteiger partial charge is 0.309 e. The Labute approximate surface area is 215 Å². The molecule has 0 amide bonds. The van der Waals surface area contributed by atoms with Gasteiger partial charge in [-0.1, -0.05) is 27.7 Å². The summed E-state index contributed by atoms with van der Waals surface area (Å²) in [5.74, 6) is -2.15. The molecule has 3 aliphatic carbocycles. The van der Waals surface area contributed by atoms with Crippen LogP contribution in [0.15, 0.2) is 0 Å². The topological polar surface area (TPSA) is 148 Å². The van der Waals surface area contributed by atoms with Crippen LogP contribution in [0.3, 0.4) is 0 Å². The molecule has 4 rings (SSSR count). The molecule has 1 heterocycles. The van der Waals surface area contributed by atoms with Crippen molar-refractivity contribution in [2.45, 2.75) is 116 Å². The van der Waals surface area contributed by atoms with Gasteiger partial charge in [0.15, 0.2) is 0 Å². The van der Waals surface area contributed by atoms with Crippen LogP contribution in [0.5, 0.6) is 0 Å². The molecule has 3 saturated carbocycles. The second-order valence-electron chi connectivity index (χ2n) is 13.8. The van der Waals surface area contributed by atoms with Crippen molar-refractivity contribution in [1.29, 1.82) is 0 Å². The number of hydrogen-bond acceptors (Lipinski definition) is 8. The lowest BCUT2D eigenvalue weighted by atomic mass is 9.47. The van der Waals surface area contributed by atoms with E-state index in [0.29, 0.717) is 25.7 Å². The zero-order valence-corrected chi connectivity index (χ0v) is 22.7. The second-order valence-corrected chi connectivity index (χ2v) is 13.8. The van der Waals surface area contributed by atoms with E-state index in [9.17, 15) is 35.4 Å². The van der Waals surface area contributed by atoms with E-state index in [1.165, 1.54) is 0 Å². The Morgan fingerprint density at radius 1 is 1.00 bits per heavy atom. The number of ether oxygens (including phenoxy) is 1. The first-order valence-corrected chi connectivity index (χ1v) is 13.8. The first-order chi connectivity index (χ1) is 16.5. The number of aliphatic hydroxyl groups excluding tert-OH is 4. The van der Waals surface area contributed by atoms with E-state index in [-0.39, 0.29) is 42.7 Å². The summed E-state index contributed by atoms with van der Waals surface area (Å²) in [6.45, 7) is 11.1. The van der Waals surface area contributed by atoms with Crippen LogP contribution in [-0.4, -0.2) is 78.8 Å². The fourth-order valence-corrected chi connectivity index (χ4v) is 8.89. The molecule has 36 heavy (non-hydrogen) atoms. The van der Waals surface area contributed by atoms with Gasteiger partial charge in [0.2, 0.25) is 0 Å². The first-order valence-electron chi connectivity index (χ1n) is 13.8. The highest BCUT2D eigenvalue weighted by molar-refractivity contribution is 5.74. The summed E-state index contributed by atoms with van der Waals surface area (Å²) in [7, 11) is 0. The van der Waals surface area contributed by atoms with Gasteiger partial charge in [-0.3, -0.25) is 4.79 Å². The average molecular weight is 513 g/mol. The molecular weight excluding hydrogens is 464 g/mol. The molecule has 0 spiro atoms. The fraction of sp³-hybridized carbons (Fsp3) is 0.964. The molecule has 0 aromatic carbocycles. The van der Waals surface area contributed by atoms with Crippen LogP contribution in [0.1, 0.15) is 80.1 Å². The molecule has 0 bridgehead atoms. The van der Waals surface area contributed by atoms with Crippen molar-refractivity contribution >= 4 is 5.97 Å². The Hall–Kier alpha value is -0.770. The molecule has 1 aliphatic heterocycles. The van der Waals surface area contributed by atoms with Crippen molar-refractivity contribution in [3.8, 4) is 0 Å². The van der Waals surface area contributed by atoms with Crippen molar-refractivity contribution in [3.05, 3.63) is 0 Å². The molecule has 4 aliphatic rings. The maximum atomic E-state index is 13.0. The summed E-state index contributed by atoms with van der Waals surface area (Å²) in [6.07, 6.45) is -0.956. The lowest BCUT2D eigenvalue weighted by Crippen LogP contribution is -2.62. The Bertz CT molecular complexity index is 842. The van der Waals surface area contributed by atoms with Crippen LogP contribution in [0.2, 0.25) is 0 Å². The van der Waals surface area contributed by atoms with Crippen LogP contribution in [0.25, 0.3) is 0 Å². The summed E-state index contributed by atoms with van der Waals surface area (Å²) in [5.41, 5.74) is -3.41. The number of carbonyl (C=O) groups excluding carboxylic acids is 1.